The second kappa shape index (κ2) is 10.1. The lowest BCUT2D eigenvalue weighted by Gasteiger charge is -2.43. The minimum atomic E-state index is 0.0803. The number of rotatable bonds is 3. The molecule has 3 aromatic heterocycles. The lowest BCUT2D eigenvalue weighted by molar-refractivity contribution is 0.191. The van der Waals surface area contributed by atoms with Gasteiger partial charge in [0.2, 0.25) is 0 Å². The van der Waals surface area contributed by atoms with Crippen LogP contribution in [0.25, 0.3) is 89.2 Å². The normalized spacial score (nSPS) is 23.6. The molecule has 252 valence electrons. The maximum absolute atomic E-state index is 6.34. The van der Waals surface area contributed by atoms with Crippen molar-refractivity contribution in [3.8, 4) is 45.3 Å². The van der Waals surface area contributed by atoms with Gasteiger partial charge >= 0.3 is 0 Å². The summed E-state index contributed by atoms with van der Waals surface area (Å²) in [7, 11) is 0. The van der Waals surface area contributed by atoms with Crippen molar-refractivity contribution in [1.82, 2.24) is 15.0 Å². The summed E-state index contributed by atoms with van der Waals surface area (Å²) in [4.78, 5) is 15.8. The third kappa shape index (κ3) is 3.69. The van der Waals surface area contributed by atoms with Crippen molar-refractivity contribution >= 4 is 43.9 Å². The Morgan fingerprint density at radius 3 is 1.75 bits per heavy atom. The van der Waals surface area contributed by atoms with E-state index < -0.39 is 0 Å². The zero-order valence-corrected chi connectivity index (χ0v) is 28.9. The van der Waals surface area contributed by atoms with Crippen LogP contribution in [0, 0.1) is 23.7 Å². The molecular formula is C48H33N3O2. The molecule has 14 rings (SSSR count). The second-order valence-corrected chi connectivity index (χ2v) is 15.9. The first-order valence-corrected chi connectivity index (χ1v) is 19.0. The minimum absolute atomic E-state index is 0.0803. The number of aromatic nitrogens is 3. The lowest BCUT2D eigenvalue weighted by Crippen LogP contribution is -2.40. The first-order chi connectivity index (χ1) is 26.2. The van der Waals surface area contributed by atoms with Gasteiger partial charge in [0.05, 0.1) is 0 Å². The summed E-state index contributed by atoms with van der Waals surface area (Å²) in [6.07, 6.45) is 5.46. The Morgan fingerprint density at radius 1 is 0.472 bits per heavy atom. The first-order valence-electron chi connectivity index (χ1n) is 19.0. The van der Waals surface area contributed by atoms with Gasteiger partial charge in [-0.05, 0) is 108 Å². The van der Waals surface area contributed by atoms with Crippen LogP contribution >= 0.6 is 0 Å². The predicted octanol–water partition coefficient (Wildman–Crippen LogP) is 12.0. The summed E-state index contributed by atoms with van der Waals surface area (Å²) in [5, 5.41) is 4.37. The fourth-order valence-electron chi connectivity index (χ4n) is 11.7. The van der Waals surface area contributed by atoms with Gasteiger partial charge in [-0.3, -0.25) is 0 Å². The zero-order valence-electron chi connectivity index (χ0n) is 28.9. The standard InChI is InChI=1S/C48H33N3O2/c1-4-12-37-35(10-1)44-36(11-7-13-38(44)48(37)30-21-26-20-29(23-30)39(48)22-26)47-50-45(27-16-18-33-31-8-2-5-14-40(31)52-42(33)24-27)49-46(51-47)28-17-19-34-32-9-3-6-15-41(32)53-43(34)25-28/h1-19,24-26,29-30,39H,20-23H2. The molecule has 6 aromatic carbocycles. The molecule has 0 radical (unpaired) electrons. The summed E-state index contributed by atoms with van der Waals surface area (Å²) < 4.78 is 12.7. The van der Waals surface area contributed by atoms with Crippen LogP contribution in [0.5, 0.6) is 0 Å². The maximum atomic E-state index is 6.34. The quantitative estimate of drug-likeness (QED) is 0.185. The SMILES string of the molecule is c1ccc2c(c1)-c1c(-c3nc(-c4ccc5c(c4)oc4ccccc45)nc(-c4ccc5c(c4)oc4ccccc45)n3)cccc1C21C2CC3CC(C2)C1C3. The number of hydrogen-bond acceptors (Lipinski definition) is 5. The van der Waals surface area contributed by atoms with Gasteiger partial charge in [0.15, 0.2) is 17.5 Å². The molecule has 0 aliphatic heterocycles. The van der Waals surface area contributed by atoms with Gasteiger partial charge in [0.25, 0.3) is 0 Å². The van der Waals surface area contributed by atoms with Crippen LogP contribution in [0.2, 0.25) is 0 Å². The molecule has 5 aliphatic rings. The van der Waals surface area contributed by atoms with Crippen LogP contribution in [0.4, 0.5) is 0 Å². The molecule has 5 aliphatic carbocycles. The molecule has 0 N–H and O–H groups in total. The fraction of sp³-hybridized carbons (Fsp3) is 0.188. The van der Waals surface area contributed by atoms with Gasteiger partial charge in [-0.25, -0.2) is 15.0 Å². The average Bonchev–Trinajstić information content (AvgIpc) is 3.97. The zero-order chi connectivity index (χ0) is 34.4. The minimum Gasteiger partial charge on any atom is -0.456 e. The molecule has 3 heterocycles. The van der Waals surface area contributed by atoms with Crippen molar-refractivity contribution < 1.29 is 8.83 Å². The summed E-state index contributed by atoms with van der Waals surface area (Å²) >= 11 is 0. The van der Waals surface area contributed by atoms with Gasteiger partial charge in [-0.15, -0.1) is 0 Å². The van der Waals surface area contributed by atoms with Gasteiger partial charge in [-0.1, -0.05) is 91.0 Å². The summed E-state index contributed by atoms with van der Waals surface area (Å²) in [5.41, 5.74) is 12.0. The van der Waals surface area contributed by atoms with Gasteiger partial charge in [0.1, 0.15) is 22.3 Å². The van der Waals surface area contributed by atoms with Gasteiger partial charge in [-0.2, -0.15) is 0 Å². The highest BCUT2D eigenvalue weighted by molar-refractivity contribution is 6.07. The molecule has 5 heteroatoms. The van der Waals surface area contributed by atoms with E-state index >= 15 is 0 Å². The van der Waals surface area contributed by atoms with E-state index in [2.05, 4.69) is 103 Å². The monoisotopic (exact) mass is 683 g/mol. The topological polar surface area (TPSA) is 65.0 Å². The third-order valence-corrected chi connectivity index (χ3v) is 13.5. The summed E-state index contributed by atoms with van der Waals surface area (Å²) in [6.45, 7) is 0. The molecule has 1 spiro atoms. The van der Waals surface area contributed by atoms with Crippen molar-refractivity contribution in [2.24, 2.45) is 23.7 Å². The molecule has 5 atom stereocenters. The third-order valence-electron chi connectivity index (χ3n) is 13.5. The Hall–Kier alpha value is -6.07. The van der Waals surface area contributed by atoms with E-state index in [0.717, 1.165) is 72.4 Å². The number of fused-ring (bicyclic) bond motifs is 9. The molecule has 4 fully saturated rings. The van der Waals surface area contributed by atoms with E-state index in [1.54, 1.807) is 0 Å². The Bertz CT molecular complexity index is 2890. The molecule has 4 bridgehead atoms. The van der Waals surface area contributed by atoms with E-state index in [1.165, 1.54) is 47.9 Å². The van der Waals surface area contributed by atoms with E-state index in [9.17, 15) is 0 Å². The smallest absolute Gasteiger partial charge is 0.164 e. The maximum Gasteiger partial charge on any atom is 0.164 e. The van der Waals surface area contributed by atoms with Crippen molar-refractivity contribution in [3.05, 3.63) is 139 Å². The van der Waals surface area contributed by atoms with E-state index in [0.29, 0.717) is 29.3 Å². The summed E-state index contributed by atoms with van der Waals surface area (Å²) in [6, 6.07) is 45.2. The molecule has 0 amide bonds. The van der Waals surface area contributed by atoms with Crippen molar-refractivity contribution in [2.75, 3.05) is 0 Å². The molecule has 9 aromatic rings. The van der Waals surface area contributed by atoms with Crippen LogP contribution in [0.1, 0.15) is 36.8 Å². The highest BCUT2D eigenvalue weighted by atomic mass is 16.3. The van der Waals surface area contributed by atoms with Gasteiger partial charge < -0.3 is 8.83 Å². The molecule has 53 heavy (non-hydrogen) atoms. The van der Waals surface area contributed by atoms with Crippen LogP contribution in [0.15, 0.2) is 136 Å². The van der Waals surface area contributed by atoms with Crippen LogP contribution < -0.4 is 0 Å². The summed E-state index contributed by atoms with van der Waals surface area (Å²) in [5.74, 6) is 5.06. The number of para-hydroxylation sites is 2. The van der Waals surface area contributed by atoms with E-state index in [1.807, 2.05) is 24.3 Å². The largest absolute Gasteiger partial charge is 0.456 e. The Balaban J connectivity index is 1.05. The van der Waals surface area contributed by atoms with Crippen LogP contribution in [-0.4, -0.2) is 15.0 Å². The highest BCUT2D eigenvalue weighted by Gasteiger charge is 2.66. The molecular weight excluding hydrogens is 651 g/mol. The van der Waals surface area contributed by atoms with Crippen LogP contribution in [-0.2, 0) is 5.41 Å². The number of hydrogen-bond donors (Lipinski definition) is 0. The van der Waals surface area contributed by atoms with E-state index in [4.69, 9.17) is 23.8 Å². The number of nitrogens with zero attached hydrogens (tertiary/aromatic N) is 3. The number of benzene rings is 6. The van der Waals surface area contributed by atoms with Crippen LogP contribution in [0.3, 0.4) is 0 Å². The Labute approximate surface area is 305 Å². The van der Waals surface area contributed by atoms with E-state index in [-0.39, 0.29) is 5.41 Å². The fourth-order valence-corrected chi connectivity index (χ4v) is 11.7. The molecule has 5 nitrogen and oxygen atoms in total. The number of furan rings is 2. The predicted molar refractivity (Wildman–Crippen MR) is 209 cm³/mol. The average molecular weight is 684 g/mol. The highest BCUT2D eigenvalue weighted by Crippen LogP contribution is 2.73. The molecule has 4 saturated carbocycles. The van der Waals surface area contributed by atoms with Crippen molar-refractivity contribution in [3.63, 3.8) is 0 Å². The van der Waals surface area contributed by atoms with Crippen molar-refractivity contribution in [2.45, 2.75) is 31.1 Å². The van der Waals surface area contributed by atoms with Gasteiger partial charge in [0, 0.05) is 43.7 Å². The second-order valence-electron chi connectivity index (χ2n) is 15.9. The Kier molecular flexibility index (Phi) is 5.42. The lowest BCUT2D eigenvalue weighted by atomic mass is 9.59. The first kappa shape index (κ1) is 28.5. The Morgan fingerprint density at radius 2 is 1.06 bits per heavy atom. The molecule has 0 saturated heterocycles. The van der Waals surface area contributed by atoms with Crippen molar-refractivity contribution in [1.29, 1.82) is 0 Å². The molecule has 5 unspecified atom stereocenters.